The molecule has 1 heterocycles. The quantitative estimate of drug-likeness (QED) is 0.756. The molecule has 0 saturated carbocycles. The van der Waals surface area contributed by atoms with Gasteiger partial charge in [-0.3, -0.25) is 4.79 Å². The van der Waals surface area contributed by atoms with E-state index in [1.807, 2.05) is 6.07 Å². The minimum Gasteiger partial charge on any atom is -0.458 e. The molecule has 0 atom stereocenters. The Bertz CT molecular complexity index is 620. The number of hydrogen-bond acceptors (Lipinski definition) is 3. The van der Waals surface area contributed by atoms with Crippen LogP contribution in [0.1, 0.15) is 63.3 Å². The van der Waals surface area contributed by atoms with Crippen LogP contribution in [0.5, 0.6) is 0 Å². The normalized spacial score (nSPS) is 11.6. The highest BCUT2D eigenvalue weighted by atomic mass is 16.5. The SMILES string of the molecule is CC(=O)OCc1cc2cc(C(C)C)cc(C(C)C)c2o1. The summed E-state index contributed by atoms with van der Waals surface area (Å²) in [6.07, 6.45) is 0. The van der Waals surface area contributed by atoms with Crippen molar-refractivity contribution in [1.82, 2.24) is 0 Å². The van der Waals surface area contributed by atoms with Crippen molar-refractivity contribution in [2.75, 3.05) is 0 Å². The Morgan fingerprint density at radius 3 is 2.40 bits per heavy atom. The predicted octanol–water partition coefficient (Wildman–Crippen LogP) is 4.74. The van der Waals surface area contributed by atoms with E-state index in [-0.39, 0.29) is 12.6 Å². The van der Waals surface area contributed by atoms with Crippen molar-refractivity contribution in [2.45, 2.75) is 53.1 Å². The predicted molar refractivity (Wildman–Crippen MR) is 79.9 cm³/mol. The number of carbonyl (C=O) groups is 1. The van der Waals surface area contributed by atoms with E-state index in [4.69, 9.17) is 9.15 Å². The summed E-state index contributed by atoms with van der Waals surface area (Å²) < 4.78 is 10.9. The molecule has 0 aliphatic heterocycles. The number of carbonyl (C=O) groups excluding carboxylic acids is 1. The minimum absolute atomic E-state index is 0.193. The van der Waals surface area contributed by atoms with Gasteiger partial charge in [0.05, 0.1) is 0 Å². The number of rotatable bonds is 4. The number of esters is 1. The van der Waals surface area contributed by atoms with Gasteiger partial charge in [0.2, 0.25) is 0 Å². The molecule has 3 nitrogen and oxygen atoms in total. The first kappa shape index (κ1) is 14.6. The molecule has 0 N–H and O–H groups in total. The van der Waals surface area contributed by atoms with E-state index in [1.54, 1.807) is 0 Å². The first-order chi connectivity index (χ1) is 9.38. The van der Waals surface area contributed by atoms with E-state index in [1.165, 1.54) is 18.1 Å². The molecule has 0 spiro atoms. The van der Waals surface area contributed by atoms with Crippen LogP contribution in [0.3, 0.4) is 0 Å². The highest BCUT2D eigenvalue weighted by molar-refractivity contribution is 5.82. The molecule has 0 amide bonds. The zero-order valence-electron chi connectivity index (χ0n) is 12.8. The Hall–Kier alpha value is -1.77. The number of hydrogen-bond donors (Lipinski definition) is 0. The van der Waals surface area contributed by atoms with Gasteiger partial charge in [-0.2, -0.15) is 0 Å². The van der Waals surface area contributed by atoms with Crippen LogP contribution in [0.25, 0.3) is 11.0 Å². The van der Waals surface area contributed by atoms with Crippen molar-refractivity contribution in [2.24, 2.45) is 0 Å². The highest BCUT2D eigenvalue weighted by Crippen LogP contribution is 2.32. The number of benzene rings is 1. The summed E-state index contributed by atoms with van der Waals surface area (Å²) >= 11 is 0. The first-order valence-electron chi connectivity index (χ1n) is 7.08. The van der Waals surface area contributed by atoms with Gasteiger partial charge in [0.1, 0.15) is 18.0 Å². The fourth-order valence-electron chi connectivity index (χ4n) is 2.26. The average molecular weight is 274 g/mol. The smallest absolute Gasteiger partial charge is 0.303 e. The number of fused-ring (bicyclic) bond motifs is 1. The molecule has 0 bridgehead atoms. The van der Waals surface area contributed by atoms with Crippen molar-refractivity contribution in [1.29, 1.82) is 0 Å². The van der Waals surface area contributed by atoms with Crippen LogP contribution in [-0.4, -0.2) is 5.97 Å². The van der Waals surface area contributed by atoms with E-state index >= 15 is 0 Å². The summed E-state index contributed by atoms with van der Waals surface area (Å²) in [4.78, 5) is 10.9. The molecule has 0 fully saturated rings. The molecule has 1 aromatic carbocycles. The Labute approximate surface area is 119 Å². The average Bonchev–Trinajstić information content (AvgIpc) is 2.77. The standard InChI is InChI=1S/C17H22O3/c1-10(2)13-6-14-7-15(9-19-12(5)18)20-17(14)16(8-13)11(3)4/h6-8,10-11H,9H2,1-5H3. The zero-order chi connectivity index (χ0) is 14.9. The summed E-state index contributed by atoms with van der Waals surface area (Å²) in [5.41, 5.74) is 3.42. The van der Waals surface area contributed by atoms with Crippen LogP contribution in [0, 0.1) is 0 Å². The summed E-state index contributed by atoms with van der Waals surface area (Å²) in [6, 6.07) is 6.35. The molecule has 0 saturated heterocycles. The first-order valence-corrected chi connectivity index (χ1v) is 7.08. The van der Waals surface area contributed by atoms with Gasteiger partial charge >= 0.3 is 5.97 Å². The Kier molecular flexibility index (Phi) is 4.17. The Morgan fingerprint density at radius 2 is 1.85 bits per heavy atom. The van der Waals surface area contributed by atoms with Gasteiger partial charge in [-0.05, 0) is 35.1 Å². The zero-order valence-corrected chi connectivity index (χ0v) is 12.8. The highest BCUT2D eigenvalue weighted by Gasteiger charge is 2.14. The Balaban J connectivity index is 2.48. The largest absolute Gasteiger partial charge is 0.458 e. The van der Waals surface area contributed by atoms with Gasteiger partial charge in [0, 0.05) is 12.3 Å². The third-order valence-corrected chi connectivity index (χ3v) is 3.42. The molecular weight excluding hydrogens is 252 g/mol. The van der Waals surface area contributed by atoms with Crippen molar-refractivity contribution in [3.63, 3.8) is 0 Å². The lowest BCUT2D eigenvalue weighted by atomic mass is 9.94. The van der Waals surface area contributed by atoms with Crippen LogP contribution in [0.4, 0.5) is 0 Å². The minimum atomic E-state index is -0.294. The third-order valence-electron chi connectivity index (χ3n) is 3.42. The van der Waals surface area contributed by atoms with Gasteiger partial charge in [-0.1, -0.05) is 33.8 Å². The number of ether oxygens (including phenoxy) is 1. The maximum Gasteiger partial charge on any atom is 0.303 e. The summed E-state index contributed by atoms with van der Waals surface area (Å²) in [7, 11) is 0. The van der Waals surface area contributed by atoms with E-state index in [9.17, 15) is 4.79 Å². The van der Waals surface area contributed by atoms with Crippen LogP contribution >= 0.6 is 0 Å². The third kappa shape index (κ3) is 3.03. The molecule has 0 aliphatic rings. The maximum atomic E-state index is 10.9. The van der Waals surface area contributed by atoms with Gasteiger partial charge in [0.15, 0.2) is 0 Å². The summed E-state index contributed by atoms with van der Waals surface area (Å²) in [6.45, 7) is 10.3. The molecule has 108 valence electrons. The topological polar surface area (TPSA) is 39.4 Å². The van der Waals surface area contributed by atoms with Crippen molar-refractivity contribution in [3.05, 3.63) is 35.1 Å². The molecule has 0 radical (unpaired) electrons. The second-order valence-electron chi connectivity index (χ2n) is 5.83. The molecule has 20 heavy (non-hydrogen) atoms. The van der Waals surface area contributed by atoms with E-state index in [0.29, 0.717) is 17.6 Å². The molecule has 0 aliphatic carbocycles. The van der Waals surface area contributed by atoms with E-state index < -0.39 is 0 Å². The molecule has 0 unspecified atom stereocenters. The maximum absolute atomic E-state index is 10.9. The van der Waals surface area contributed by atoms with E-state index in [0.717, 1.165) is 11.0 Å². The summed E-state index contributed by atoms with van der Waals surface area (Å²) in [5.74, 6) is 1.27. The van der Waals surface area contributed by atoms with Gasteiger partial charge in [-0.25, -0.2) is 0 Å². The fraction of sp³-hybridized carbons (Fsp3) is 0.471. The van der Waals surface area contributed by atoms with Crippen molar-refractivity contribution in [3.8, 4) is 0 Å². The molecular formula is C17H22O3. The Morgan fingerprint density at radius 1 is 1.15 bits per heavy atom. The van der Waals surface area contributed by atoms with E-state index in [2.05, 4.69) is 39.8 Å². The summed E-state index contributed by atoms with van der Waals surface area (Å²) in [5, 5.41) is 1.09. The lowest BCUT2D eigenvalue weighted by molar-refractivity contribution is -0.142. The van der Waals surface area contributed by atoms with Crippen LogP contribution < -0.4 is 0 Å². The fourth-order valence-corrected chi connectivity index (χ4v) is 2.26. The molecule has 2 aromatic rings. The number of furan rings is 1. The lowest BCUT2D eigenvalue weighted by Crippen LogP contribution is -1.97. The van der Waals surface area contributed by atoms with Crippen LogP contribution in [0.15, 0.2) is 22.6 Å². The monoisotopic (exact) mass is 274 g/mol. The second-order valence-corrected chi connectivity index (χ2v) is 5.83. The molecule has 3 heteroatoms. The lowest BCUT2D eigenvalue weighted by Gasteiger charge is -2.11. The molecule has 2 rings (SSSR count). The van der Waals surface area contributed by atoms with Crippen molar-refractivity contribution < 1.29 is 13.9 Å². The van der Waals surface area contributed by atoms with Crippen LogP contribution in [-0.2, 0) is 16.1 Å². The van der Waals surface area contributed by atoms with Gasteiger partial charge in [0.25, 0.3) is 0 Å². The second kappa shape index (κ2) is 5.70. The van der Waals surface area contributed by atoms with Gasteiger partial charge in [-0.15, -0.1) is 0 Å². The van der Waals surface area contributed by atoms with Crippen LogP contribution in [0.2, 0.25) is 0 Å². The van der Waals surface area contributed by atoms with Crippen molar-refractivity contribution >= 4 is 16.9 Å². The molecule has 1 aromatic heterocycles. The van der Waals surface area contributed by atoms with Gasteiger partial charge < -0.3 is 9.15 Å².